The molecule has 8 N–H and O–H groups in total. The van der Waals surface area contributed by atoms with E-state index in [2.05, 4.69) is 116 Å². The van der Waals surface area contributed by atoms with Gasteiger partial charge in [-0.1, -0.05) is 68.5 Å². The lowest BCUT2D eigenvalue weighted by Crippen LogP contribution is -2.42. The van der Waals surface area contributed by atoms with Crippen LogP contribution in [0.4, 0.5) is 23.0 Å². The van der Waals surface area contributed by atoms with Gasteiger partial charge in [0, 0.05) is 65.1 Å². The van der Waals surface area contributed by atoms with Crippen molar-refractivity contribution in [3.8, 4) is 5.75 Å². The maximum absolute atomic E-state index is 13.5. The molecule has 0 fully saturated rings. The minimum absolute atomic E-state index is 0.0261. The highest BCUT2D eigenvalue weighted by Gasteiger charge is 2.44. The molecule has 4 aromatic carbocycles. The number of rotatable bonds is 23. The van der Waals surface area contributed by atoms with Crippen molar-refractivity contribution in [3.05, 3.63) is 188 Å². The monoisotopic (exact) mass is 1170 g/mol. The number of ether oxygens (including phenoxy) is 1. The Morgan fingerprint density at radius 3 is 2.23 bits per heavy atom. The van der Waals surface area contributed by atoms with Crippen LogP contribution < -0.4 is 31.6 Å². The highest BCUT2D eigenvalue weighted by Crippen LogP contribution is 2.48. The minimum Gasteiger partial charge on any atom is -0.480 e. The van der Waals surface area contributed by atoms with E-state index < -0.39 is 54.5 Å². The van der Waals surface area contributed by atoms with Gasteiger partial charge in [0.05, 0.1) is 35.4 Å². The van der Waals surface area contributed by atoms with E-state index in [1.165, 1.54) is 6.20 Å². The molecular weight excluding hydrogens is 1100 g/mol. The lowest BCUT2D eigenvalue weighted by Gasteiger charge is -2.27. The van der Waals surface area contributed by atoms with Gasteiger partial charge >= 0.3 is 5.97 Å². The summed E-state index contributed by atoms with van der Waals surface area (Å²) >= 11 is 0. The number of anilines is 3. The summed E-state index contributed by atoms with van der Waals surface area (Å²) in [5, 5.41) is 16.1. The lowest BCUT2D eigenvalue weighted by molar-refractivity contribution is -0.438. The highest BCUT2D eigenvalue weighted by atomic mass is 32.2. The first-order valence-corrected chi connectivity index (χ1v) is 30.7. The largest absolute Gasteiger partial charge is 0.480 e. The first-order chi connectivity index (χ1) is 39.4. The first kappa shape index (κ1) is 59.3. The van der Waals surface area contributed by atoms with Crippen LogP contribution in [0.1, 0.15) is 105 Å². The maximum Gasteiger partial charge on any atom is 0.326 e. The number of hydrogen-bond acceptors (Lipinski definition) is 14. The molecule has 20 nitrogen and oxygen atoms in total. The quantitative estimate of drug-likeness (QED) is 0.0179. The summed E-state index contributed by atoms with van der Waals surface area (Å²) < 4.78 is 74.6. The normalized spacial score (nSPS) is 17.1. The Hall–Kier alpha value is -8.31. The summed E-state index contributed by atoms with van der Waals surface area (Å²) in [5.74, 6) is -1.37. The standard InChI is InChI=1S/C61H67N9O11S2/c1-60(2)46-16-5-7-18-49(46)69(32-9-11-34-82(75,76)77)51(60)30-24-40-14-13-15-41(25-31-52-61(3,4)47-17-6-8-19-50(47)70(52)33-10-12-35-83(78,79)80)54(40)81-45-28-20-39(21-29-45)36-48(58(73)74)66-56(71)42-22-26-43(27-23-42)63-37-44-38-64-55-53(65-44)57(72)68-59(62)67-55/h5-8,16-31,38,48H,9-15,32-37H2,1-4H3,(H7-,62,63,64,66,67,68,71,72,73,74,75,76,77,78,79,80)/p+1/t48-/m0/s1. The van der Waals surface area contributed by atoms with E-state index in [4.69, 9.17) is 10.5 Å². The zero-order valence-corrected chi connectivity index (χ0v) is 48.3. The zero-order valence-electron chi connectivity index (χ0n) is 46.6. The number of nitrogens with one attached hydrogen (secondary N) is 3. The van der Waals surface area contributed by atoms with Crippen molar-refractivity contribution in [1.29, 1.82) is 0 Å². The van der Waals surface area contributed by atoms with Crippen molar-refractivity contribution in [2.75, 3.05) is 40.5 Å². The van der Waals surface area contributed by atoms with Gasteiger partial charge in [-0.2, -0.15) is 26.4 Å². The van der Waals surface area contributed by atoms with Gasteiger partial charge in [0.15, 0.2) is 16.9 Å². The Kier molecular flexibility index (Phi) is 17.6. The summed E-state index contributed by atoms with van der Waals surface area (Å²) in [7, 11) is -8.23. The third-order valence-corrected chi connectivity index (χ3v) is 16.9. The predicted molar refractivity (Wildman–Crippen MR) is 319 cm³/mol. The number of aliphatic carboxylic acids is 1. The number of nitrogens with zero attached hydrogens (tertiary/aromatic N) is 5. The zero-order chi connectivity index (χ0) is 59.3. The molecule has 1 atom stereocenters. The van der Waals surface area contributed by atoms with E-state index in [1.54, 1.807) is 48.5 Å². The molecule has 2 aliphatic heterocycles. The number of aromatic amines is 1. The summed E-state index contributed by atoms with van der Waals surface area (Å²) in [6, 6.07) is 28.6. The molecule has 2 aromatic heterocycles. The van der Waals surface area contributed by atoms with Crippen LogP contribution >= 0.6 is 0 Å². The average Bonchev–Trinajstić information content (AvgIpc) is 3.28. The molecule has 0 radical (unpaired) electrons. The van der Waals surface area contributed by atoms with E-state index >= 15 is 0 Å². The van der Waals surface area contributed by atoms with Crippen molar-refractivity contribution in [1.82, 2.24) is 25.3 Å². The lowest BCUT2D eigenvalue weighted by atomic mass is 9.81. The van der Waals surface area contributed by atoms with Gasteiger partial charge in [0.1, 0.15) is 24.1 Å². The number of nitrogen functional groups attached to an aromatic ring is 1. The Labute approximate surface area is 482 Å². The fourth-order valence-electron chi connectivity index (χ4n) is 11.1. The number of benzene rings is 4. The molecule has 0 unspecified atom stereocenters. The van der Waals surface area contributed by atoms with E-state index in [0.29, 0.717) is 67.2 Å². The van der Waals surface area contributed by atoms with E-state index in [-0.39, 0.29) is 60.0 Å². The molecule has 0 bridgehead atoms. The Morgan fingerprint density at radius 2 is 1.52 bits per heavy atom. The molecule has 0 saturated carbocycles. The Bertz CT molecular complexity index is 3930. The molecule has 434 valence electrons. The highest BCUT2D eigenvalue weighted by molar-refractivity contribution is 7.86. The molecule has 22 heteroatoms. The van der Waals surface area contributed by atoms with E-state index in [0.717, 1.165) is 51.5 Å². The molecule has 0 saturated heterocycles. The molecule has 0 spiro atoms. The van der Waals surface area contributed by atoms with Crippen molar-refractivity contribution in [2.45, 2.75) is 102 Å². The second-order valence-electron chi connectivity index (χ2n) is 22.0. The number of carboxylic acid groups (broad SMARTS) is 1. The van der Waals surface area contributed by atoms with Gasteiger partial charge in [-0.25, -0.2) is 14.8 Å². The average molecular weight is 1170 g/mol. The van der Waals surface area contributed by atoms with Gasteiger partial charge in [0.2, 0.25) is 11.6 Å². The van der Waals surface area contributed by atoms with Crippen LogP contribution in [0.2, 0.25) is 0 Å². The fraction of sp³-hybridized carbons (Fsp3) is 0.328. The van der Waals surface area contributed by atoms with Crippen LogP contribution in [0, 0.1) is 0 Å². The Balaban J connectivity index is 0.973. The second kappa shape index (κ2) is 24.6. The number of aromatic nitrogens is 4. The van der Waals surface area contributed by atoms with Crippen LogP contribution in [-0.2, 0) is 48.8 Å². The van der Waals surface area contributed by atoms with Gasteiger partial charge in [-0.15, -0.1) is 0 Å². The summed E-state index contributed by atoms with van der Waals surface area (Å²) in [6.45, 7) is 9.90. The number of carboxylic acids is 1. The number of unbranched alkanes of at least 4 members (excludes halogenated alkanes) is 2. The SMILES string of the molecule is CC1(C)C(=CC=C2CCCC(C=CC3=[N+](CCCCS(=O)(=O)O)c4ccccc4C3(C)C)=C2Oc2ccc(C[C@H](NC(=O)c3ccc(NCc4cnc5nc(N)[nH]c(=O)c5n4)cc3)C(=O)O)cc2)N(CCCCS(=O)(=O)O)c2ccccc21. The van der Waals surface area contributed by atoms with Crippen LogP contribution in [0.5, 0.6) is 5.75 Å². The smallest absolute Gasteiger partial charge is 0.326 e. The van der Waals surface area contributed by atoms with Crippen molar-refractivity contribution < 1.29 is 49.9 Å². The number of amides is 1. The Morgan fingerprint density at radius 1 is 0.831 bits per heavy atom. The summed E-state index contributed by atoms with van der Waals surface area (Å²) in [5.41, 5.74) is 14.6. The topological polar surface area (TPSA) is 300 Å². The third-order valence-electron chi connectivity index (χ3n) is 15.3. The van der Waals surface area contributed by atoms with Crippen molar-refractivity contribution >= 4 is 72.0 Å². The van der Waals surface area contributed by atoms with Crippen LogP contribution in [0.3, 0.4) is 0 Å². The molecule has 1 amide bonds. The minimum atomic E-state index is -4.11. The molecular formula is C61H68N9O11S2+. The molecule has 4 heterocycles. The summed E-state index contributed by atoms with van der Waals surface area (Å²) in [6.07, 6.45) is 13.7. The number of nitrogens with two attached hydrogens (primary N) is 1. The van der Waals surface area contributed by atoms with Crippen LogP contribution in [0.15, 0.2) is 155 Å². The van der Waals surface area contributed by atoms with Gasteiger partial charge in [-0.3, -0.25) is 23.7 Å². The first-order valence-electron chi connectivity index (χ1n) is 27.5. The number of carbonyl (C=O) groups excluding carboxylic acids is 1. The molecule has 3 aliphatic rings. The van der Waals surface area contributed by atoms with Crippen LogP contribution in [-0.4, -0.2) is 104 Å². The predicted octanol–water partition coefficient (Wildman–Crippen LogP) is 8.73. The third kappa shape index (κ3) is 14.1. The maximum atomic E-state index is 13.5. The number of carbonyl (C=O) groups is 2. The van der Waals surface area contributed by atoms with Crippen molar-refractivity contribution in [2.24, 2.45) is 0 Å². The number of hydrogen-bond donors (Lipinski definition) is 7. The molecule has 1 aliphatic carbocycles. The molecule has 9 rings (SSSR count). The van der Waals surface area contributed by atoms with E-state index in [1.807, 2.05) is 24.3 Å². The van der Waals surface area contributed by atoms with Gasteiger partial charge in [0.25, 0.3) is 31.7 Å². The number of H-pyrrole nitrogens is 1. The van der Waals surface area contributed by atoms with Gasteiger partial charge < -0.3 is 31.1 Å². The van der Waals surface area contributed by atoms with E-state index in [9.17, 15) is 45.4 Å². The molecule has 83 heavy (non-hydrogen) atoms. The van der Waals surface area contributed by atoms with Crippen LogP contribution in [0.25, 0.3) is 11.2 Å². The second-order valence-corrected chi connectivity index (χ2v) is 25.1. The van der Waals surface area contributed by atoms with Gasteiger partial charge in [-0.05, 0) is 129 Å². The number of allylic oxidation sites excluding steroid dienone is 7. The number of para-hydroxylation sites is 2. The summed E-state index contributed by atoms with van der Waals surface area (Å²) in [4.78, 5) is 55.5. The fourth-order valence-corrected chi connectivity index (χ4v) is 12.2. The molecule has 6 aromatic rings. The van der Waals surface area contributed by atoms with Crippen molar-refractivity contribution in [3.63, 3.8) is 0 Å². The number of fused-ring (bicyclic) bond motifs is 3.